The van der Waals surface area contributed by atoms with Gasteiger partial charge in [0.15, 0.2) is 7.98 Å². The van der Waals surface area contributed by atoms with Gasteiger partial charge in [0.05, 0.1) is 0 Å². The van der Waals surface area contributed by atoms with Crippen molar-refractivity contribution in [1.29, 1.82) is 0 Å². The summed E-state index contributed by atoms with van der Waals surface area (Å²) in [6.45, 7) is 6.29. The van der Waals surface area contributed by atoms with Gasteiger partial charge in [-0.1, -0.05) is 12.2 Å². The zero-order valence-corrected chi connectivity index (χ0v) is 6.15. The summed E-state index contributed by atoms with van der Waals surface area (Å²) in [4.78, 5) is 0. The molecule has 0 saturated carbocycles. The monoisotopic (exact) mass is 111 g/mol. The molecule has 0 heterocycles. The third-order valence-corrected chi connectivity index (χ3v) is 1.23. The van der Waals surface area contributed by atoms with Crippen LogP contribution in [0.3, 0.4) is 0 Å². The second-order valence-corrected chi connectivity index (χ2v) is 2.47. The van der Waals surface area contributed by atoms with Crippen molar-refractivity contribution >= 4 is 7.98 Å². The Bertz CT molecular complexity index is 86.5. The highest BCUT2D eigenvalue weighted by Crippen LogP contribution is 2.00. The second kappa shape index (κ2) is 2.93. The molecule has 0 rings (SSSR count). The van der Waals surface area contributed by atoms with Crippen molar-refractivity contribution in [2.75, 3.05) is 0 Å². The third kappa shape index (κ3) is 2.86. The van der Waals surface area contributed by atoms with Gasteiger partial charge in [-0.25, -0.2) is 0 Å². The van der Waals surface area contributed by atoms with Crippen molar-refractivity contribution in [2.45, 2.75) is 26.3 Å². The summed E-state index contributed by atoms with van der Waals surface area (Å²) in [5, 5.41) is 3.16. The standard InChI is InChI=1S/C6H14BN/c1-4-5-6(2,3)8-7/h4-5,8H,7H2,1-3H3. The highest BCUT2D eigenvalue weighted by atomic mass is 14.8. The number of hydrogen-bond donors (Lipinski definition) is 1. The first-order valence-electron chi connectivity index (χ1n) is 2.95. The van der Waals surface area contributed by atoms with E-state index in [1.807, 2.05) is 14.9 Å². The van der Waals surface area contributed by atoms with E-state index in [0.717, 1.165) is 0 Å². The van der Waals surface area contributed by atoms with Crippen molar-refractivity contribution in [1.82, 2.24) is 5.23 Å². The van der Waals surface area contributed by atoms with Crippen LogP contribution in [0.25, 0.3) is 0 Å². The molecule has 46 valence electrons. The maximum atomic E-state index is 3.16. The van der Waals surface area contributed by atoms with Gasteiger partial charge in [-0.05, 0) is 20.8 Å². The maximum absolute atomic E-state index is 3.16. The molecule has 0 aromatic heterocycles. The predicted molar refractivity (Wildman–Crippen MR) is 40.6 cm³/mol. The van der Waals surface area contributed by atoms with E-state index in [4.69, 9.17) is 0 Å². The lowest BCUT2D eigenvalue weighted by atomic mass is 10.0. The van der Waals surface area contributed by atoms with Gasteiger partial charge in [0.25, 0.3) is 0 Å². The van der Waals surface area contributed by atoms with Crippen molar-refractivity contribution in [2.24, 2.45) is 0 Å². The molecular formula is C6H14BN. The summed E-state index contributed by atoms with van der Waals surface area (Å²) < 4.78 is 0. The van der Waals surface area contributed by atoms with E-state index in [9.17, 15) is 0 Å². The fourth-order valence-electron chi connectivity index (χ4n) is 0.500. The number of rotatable bonds is 2. The van der Waals surface area contributed by atoms with Gasteiger partial charge in [0.2, 0.25) is 0 Å². The van der Waals surface area contributed by atoms with Gasteiger partial charge in [0.1, 0.15) is 0 Å². The van der Waals surface area contributed by atoms with E-state index < -0.39 is 0 Å². The average molecular weight is 111 g/mol. The molecule has 0 fully saturated rings. The number of hydrogen-bond acceptors (Lipinski definition) is 1. The Morgan fingerprint density at radius 3 is 2.12 bits per heavy atom. The van der Waals surface area contributed by atoms with E-state index in [1.54, 1.807) is 0 Å². The quantitative estimate of drug-likeness (QED) is 0.403. The summed E-state index contributed by atoms with van der Waals surface area (Å²) >= 11 is 0. The van der Waals surface area contributed by atoms with E-state index in [2.05, 4.69) is 31.2 Å². The van der Waals surface area contributed by atoms with Crippen molar-refractivity contribution in [3.05, 3.63) is 12.2 Å². The molecule has 2 heteroatoms. The van der Waals surface area contributed by atoms with Crippen molar-refractivity contribution in [3.8, 4) is 0 Å². The lowest BCUT2D eigenvalue weighted by Gasteiger charge is -2.18. The zero-order chi connectivity index (χ0) is 6.62. The molecule has 0 amide bonds. The first-order chi connectivity index (χ1) is 3.62. The van der Waals surface area contributed by atoms with Crippen LogP contribution in [0.2, 0.25) is 0 Å². The fourth-order valence-corrected chi connectivity index (χ4v) is 0.500. The van der Waals surface area contributed by atoms with Crippen LogP contribution < -0.4 is 5.23 Å². The molecule has 0 radical (unpaired) electrons. The molecule has 0 aliphatic heterocycles. The molecule has 0 aromatic rings. The van der Waals surface area contributed by atoms with Crippen LogP contribution in [-0.4, -0.2) is 13.5 Å². The van der Waals surface area contributed by atoms with Crippen LogP contribution in [0.1, 0.15) is 20.8 Å². The highest BCUT2D eigenvalue weighted by Gasteiger charge is 2.06. The zero-order valence-electron chi connectivity index (χ0n) is 6.15. The molecule has 0 aromatic carbocycles. The van der Waals surface area contributed by atoms with Crippen LogP contribution >= 0.6 is 0 Å². The smallest absolute Gasteiger partial charge is 0.182 e. The molecule has 1 N–H and O–H groups in total. The Hall–Kier alpha value is -0.235. The fraction of sp³-hybridized carbons (Fsp3) is 0.667. The van der Waals surface area contributed by atoms with Crippen molar-refractivity contribution in [3.63, 3.8) is 0 Å². The highest BCUT2D eigenvalue weighted by molar-refractivity contribution is 6.05. The predicted octanol–water partition coefficient (Wildman–Crippen LogP) is 0.479. The Kier molecular flexibility index (Phi) is 2.84. The van der Waals surface area contributed by atoms with Gasteiger partial charge >= 0.3 is 0 Å². The lowest BCUT2D eigenvalue weighted by Crippen LogP contribution is -2.34. The molecule has 1 nitrogen and oxygen atoms in total. The summed E-state index contributed by atoms with van der Waals surface area (Å²) in [6, 6.07) is 0. The second-order valence-electron chi connectivity index (χ2n) is 2.47. The molecular weight excluding hydrogens is 96.9 g/mol. The minimum absolute atomic E-state index is 0.161. The molecule has 8 heavy (non-hydrogen) atoms. The van der Waals surface area contributed by atoms with Crippen molar-refractivity contribution < 1.29 is 0 Å². The lowest BCUT2D eigenvalue weighted by molar-refractivity contribution is 0.595. The third-order valence-electron chi connectivity index (χ3n) is 1.23. The largest absolute Gasteiger partial charge is 0.354 e. The van der Waals surface area contributed by atoms with Gasteiger partial charge in [-0.3, -0.25) is 0 Å². The summed E-state index contributed by atoms with van der Waals surface area (Å²) in [5.74, 6) is 0. The first-order valence-corrected chi connectivity index (χ1v) is 2.95. The summed E-state index contributed by atoms with van der Waals surface area (Å²) in [7, 11) is 1.96. The Morgan fingerprint density at radius 2 is 2.00 bits per heavy atom. The summed E-state index contributed by atoms with van der Waals surface area (Å²) in [6.07, 6.45) is 4.18. The minimum atomic E-state index is 0.161. The van der Waals surface area contributed by atoms with E-state index >= 15 is 0 Å². The molecule has 0 bridgehead atoms. The van der Waals surface area contributed by atoms with E-state index in [0.29, 0.717) is 0 Å². The molecule has 0 aliphatic carbocycles. The topological polar surface area (TPSA) is 12.0 Å². The van der Waals surface area contributed by atoms with Gasteiger partial charge in [-0.2, -0.15) is 0 Å². The molecule has 0 unspecified atom stereocenters. The van der Waals surface area contributed by atoms with Crippen LogP contribution in [0.15, 0.2) is 12.2 Å². The van der Waals surface area contributed by atoms with Gasteiger partial charge < -0.3 is 5.23 Å². The van der Waals surface area contributed by atoms with E-state index in [1.165, 1.54) is 0 Å². The van der Waals surface area contributed by atoms with Crippen LogP contribution in [-0.2, 0) is 0 Å². The van der Waals surface area contributed by atoms with Gasteiger partial charge in [0, 0.05) is 5.54 Å². The maximum Gasteiger partial charge on any atom is 0.182 e. The molecule has 0 atom stereocenters. The number of allylic oxidation sites excluding steroid dienone is 1. The average Bonchev–Trinajstić information content (AvgIpc) is 1.67. The normalized spacial score (nSPS) is 12.9. The summed E-state index contributed by atoms with van der Waals surface area (Å²) in [5.41, 5.74) is 0.161. The van der Waals surface area contributed by atoms with Crippen LogP contribution in [0, 0.1) is 0 Å². The van der Waals surface area contributed by atoms with Gasteiger partial charge in [-0.15, -0.1) is 0 Å². The van der Waals surface area contributed by atoms with Crippen LogP contribution in [0.4, 0.5) is 0 Å². The first kappa shape index (κ1) is 7.76. The molecule has 0 aliphatic rings. The Balaban J connectivity index is 3.71. The Morgan fingerprint density at radius 1 is 1.50 bits per heavy atom. The van der Waals surface area contributed by atoms with E-state index in [-0.39, 0.29) is 5.54 Å². The molecule has 0 saturated heterocycles. The van der Waals surface area contributed by atoms with Crippen LogP contribution in [0.5, 0.6) is 0 Å². The molecule has 0 spiro atoms. The number of nitrogens with one attached hydrogen (secondary N) is 1. The Labute approximate surface area is 52.6 Å². The SMILES string of the molecule is BNC(C)(C)C=CC. The minimum Gasteiger partial charge on any atom is -0.354 e.